The number of hydrogen-bond donors (Lipinski definition) is 3. The summed E-state index contributed by atoms with van der Waals surface area (Å²) in [4.78, 5) is 7.74. The van der Waals surface area contributed by atoms with Crippen LogP contribution in [0.5, 0.6) is 0 Å². The lowest BCUT2D eigenvalue weighted by atomic mass is 9.97. The monoisotopic (exact) mass is 519 g/mol. The molecule has 1 saturated heterocycles. The second-order valence-corrected chi connectivity index (χ2v) is 12.8. The zero-order valence-corrected chi connectivity index (χ0v) is 20.5. The van der Waals surface area contributed by atoms with Gasteiger partial charge in [0.2, 0.25) is 10.0 Å². The number of fused-ring (bicyclic) bond motifs is 1. The molecule has 3 aromatic rings. The summed E-state index contributed by atoms with van der Waals surface area (Å²) in [6.07, 6.45) is 0.362. The van der Waals surface area contributed by atoms with E-state index < -0.39 is 30.0 Å². The van der Waals surface area contributed by atoms with Crippen LogP contribution in [0.4, 0.5) is 5.13 Å². The summed E-state index contributed by atoms with van der Waals surface area (Å²) in [5, 5.41) is 16.1. The van der Waals surface area contributed by atoms with Crippen molar-refractivity contribution in [1.29, 1.82) is 0 Å². The Morgan fingerprint density at radius 1 is 1.12 bits per heavy atom. The van der Waals surface area contributed by atoms with E-state index in [0.29, 0.717) is 34.7 Å². The molecule has 5 N–H and O–H groups in total. The van der Waals surface area contributed by atoms with Crippen molar-refractivity contribution in [2.24, 2.45) is 20.4 Å². The molecular weight excluding hydrogens is 498 g/mol. The number of aromatic nitrogens is 1. The first-order valence-corrected chi connectivity index (χ1v) is 14.2. The van der Waals surface area contributed by atoms with Gasteiger partial charge in [-0.2, -0.15) is 5.11 Å². The highest BCUT2D eigenvalue weighted by atomic mass is 32.2. The van der Waals surface area contributed by atoms with Crippen LogP contribution in [0, 0.1) is 6.92 Å². The van der Waals surface area contributed by atoms with Crippen LogP contribution in [0.25, 0.3) is 21.3 Å². The van der Waals surface area contributed by atoms with Gasteiger partial charge in [-0.05, 0) is 37.1 Å². The number of azo groups is 1. The van der Waals surface area contributed by atoms with Crippen LogP contribution in [-0.4, -0.2) is 52.7 Å². The van der Waals surface area contributed by atoms with Crippen LogP contribution in [0.3, 0.4) is 0 Å². The van der Waals surface area contributed by atoms with Crippen LogP contribution < -0.4 is 16.2 Å². The molecule has 11 nitrogen and oxygen atoms in total. The molecule has 0 saturated carbocycles. The van der Waals surface area contributed by atoms with Gasteiger partial charge < -0.3 is 11.1 Å². The van der Waals surface area contributed by atoms with E-state index in [0.717, 1.165) is 10.3 Å². The number of nitrogen functional groups attached to an aromatic ring is 1. The van der Waals surface area contributed by atoms with Gasteiger partial charge in [-0.25, -0.2) is 32.0 Å². The Morgan fingerprint density at radius 3 is 2.53 bits per heavy atom. The Balaban J connectivity index is 1.89. The fraction of sp³-hybridized carbons (Fsp3) is 0.300. The number of nitrogens with zero attached hydrogens (tertiary/aromatic N) is 4. The van der Waals surface area contributed by atoms with E-state index in [9.17, 15) is 16.8 Å². The predicted molar refractivity (Wildman–Crippen MR) is 130 cm³/mol. The highest BCUT2D eigenvalue weighted by Crippen LogP contribution is 2.41. The number of primary sulfonamides is 1. The molecule has 1 aromatic heterocycles. The number of nitrogens with one attached hydrogen (secondary N) is 1. The number of nitrogens with two attached hydrogens (primary N) is 2. The lowest BCUT2D eigenvalue weighted by molar-refractivity contribution is 0.574. The van der Waals surface area contributed by atoms with Gasteiger partial charge in [0.15, 0.2) is 27.5 Å². The van der Waals surface area contributed by atoms with Crippen molar-refractivity contribution in [3.63, 3.8) is 0 Å². The van der Waals surface area contributed by atoms with Gasteiger partial charge in [0.05, 0.1) is 25.9 Å². The molecular formula is C20H21N7O4S3. The lowest BCUT2D eigenvalue weighted by Crippen LogP contribution is -2.28. The number of sulfonamides is 1. The molecule has 2 aliphatic rings. The molecule has 0 bridgehead atoms. The number of amidine groups is 1. The highest BCUT2D eigenvalue weighted by molar-refractivity contribution is 7.94. The minimum atomic E-state index is -4.53. The number of aliphatic imine (C=N–C) groups is 1. The molecule has 0 aliphatic carbocycles. The predicted octanol–water partition coefficient (Wildman–Crippen LogP) is 1.81. The summed E-state index contributed by atoms with van der Waals surface area (Å²) in [6.45, 7) is 2.66. The van der Waals surface area contributed by atoms with Crippen molar-refractivity contribution in [3.8, 4) is 11.1 Å². The summed E-state index contributed by atoms with van der Waals surface area (Å²) in [6, 6.07) is 6.49. The first-order valence-electron chi connectivity index (χ1n) is 10.3. The maximum absolute atomic E-state index is 13.5. The molecule has 178 valence electrons. The number of anilines is 1. The zero-order valence-electron chi connectivity index (χ0n) is 18.0. The number of sulfone groups is 1. The Morgan fingerprint density at radius 2 is 1.88 bits per heavy atom. The fourth-order valence-corrected chi connectivity index (χ4v) is 8.42. The molecule has 0 radical (unpaired) electrons. The van der Waals surface area contributed by atoms with Crippen molar-refractivity contribution in [2.45, 2.75) is 28.4 Å². The Labute approximate surface area is 200 Å². The third kappa shape index (κ3) is 3.71. The SMILES string of the molecule is Cc1ccc(-c2ccc(S(=O)(=O)[C@@H]3CCNC3)c(S(N)(=O)=O)c2C2=NCN=N2)c2nc(N)sc12. The van der Waals surface area contributed by atoms with Crippen LogP contribution >= 0.6 is 11.3 Å². The molecule has 0 spiro atoms. The third-order valence-electron chi connectivity index (χ3n) is 5.89. The average Bonchev–Trinajstić information content (AvgIpc) is 3.54. The fourth-order valence-electron chi connectivity index (χ4n) is 4.31. The molecule has 1 atom stereocenters. The van der Waals surface area contributed by atoms with E-state index in [1.165, 1.54) is 17.4 Å². The van der Waals surface area contributed by atoms with Crippen molar-refractivity contribution in [2.75, 3.05) is 25.5 Å². The van der Waals surface area contributed by atoms with Gasteiger partial charge in [-0.15, -0.1) is 5.11 Å². The zero-order chi connectivity index (χ0) is 24.3. The maximum atomic E-state index is 13.5. The van der Waals surface area contributed by atoms with Crippen LogP contribution in [0.2, 0.25) is 0 Å². The molecule has 0 unspecified atom stereocenters. The van der Waals surface area contributed by atoms with Gasteiger partial charge in [0.1, 0.15) is 4.90 Å². The van der Waals surface area contributed by atoms with Crippen molar-refractivity contribution < 1.29 is 16.8 Å². The minimum Gasteiger partial charge on any atom is -0.375 e. The van der Waals surface area contributed by atoms with Gasteiger partial charge in [0, 0.05) is 12.1 Å². The third-order valence-corrected chi connectivity index (χ3v) is 10.3. The largest absolute Gasteiger partial charge is 0.375 e. The van der Waals surface area contributed by atoms with Gasteiger partial charge in [-0.1, -0.05) is 29.5 Å². The average molecular weight is 520 g/mol. The molecule has 3 heterocycles. The van der Waals surface area contributed by atoms with E-state index in [-0.39, 0.29) is 29.5 Å². The summed E-state index contributed by atoms with van der Waals surface area (Å²) >= 11 is 1.31. The Bertz CT molecular complexity index is 1600. The van der Waals surface area contributed by atoms with E-state index in [1.807, 2.05) is 13.0 Å². The molecule has 34 heavy (non-hydrogen) atoms. The number of hydrogen-bond acceptors (Lipinski definition) is 11. The molecule has 2 aliphatic heterocycles. The Kier molecular flexibility index (Phi) is 5.52. The number of thiazole rings is 1. The van der Waals surface area contributed by atoms with Crippen LogP contribution in [0.1, 0.15) is 17.5 Å². The summed E-state index contributed by atoms with van der Waals surface area (Å²) in [5.74, 6) is -0.00227. The lowest BCUT2D eigenvalue weighted by Gasteiger charge is -2.19. The maximum Gasteiger partial charge on any atom is 0.240 e. The van der Waals surface area contributed by atoms with Crippen molar-refractivity contribution in [3.05, 3.63) is 35.4 Å². The van der Waals surface area contributed by atoms with Gasteiger partial charge >= 0.3 is 0 Å². The van der Waals surface area contributed by atoms with E-state index in [2.05, 4.69) is 25.5 Å². The van der Waals surface area contributed by atoms with E-state index in [1.54, 1.807) is 12.1 Å². The first-order chi connectivity index (χ1) is 16.1. The van der Waals surface area contributed by atoms with E-state index in [4.69, 9.17) is 10.9 Å². The van der Waals surface area contributed by atoms with Crippen LogP contribution in [0.15, 0.2) is 49.3 Å². The molecule has 14 heteroatoms. The normalized spacial score (nSPS) is 18.6. The summed E-state index contributed by atoms with van der Waals surface area (Å²) in [5.41, 5.74) is 8.41. The number of aryl methyl sites for hydroxylation is 1. The standard InChI is InChI=1S/C20H21N7O4S3/c1-10-2-3-13(16-17(10)32-20(21)26-16)12-4-5-14(33(28,29)11-6-7-23-8-11)18(34(22,30)31)15(12)19-24-9-25-27-19/h2-5,11,23H,6-9H2,1H3,(H2,21,26)(H2,22,30,31)/t11-/m1/s1. The molecule has 5 rings (SSSR count). The summed E-state index contributed by atoms with van der Waals surface area (Å²) < 4.78 is 53.7. The minimum absolute atomic E-state index is 0.00227. The quantitative estimate of drug-likeness (QED) is 0.459. The Hall–Kier alpha value is -2.78. The topological polar surface area (TPSA) is 182 Å². The van der Waals surface area contributed by atoms with Crippen LogP contribution in [-0.2, 0) is 19.9 Å². The number of benzene rings is 2. The molecule has 1 fully saturated rings. The van der Waals surface area contributed by atoms with Crippen molar-refractivity contribution in [1.82, 2.24) is 10.3 Å². The highest BCUT2D eigenvalue weighted by Gasteiger charge is 2.38. The first kappa shape index (κ1) is 23.0. The van der Waals surface area contributed by atoms with Gasteiger partial charge in [-0.3, -0.25) is 0 Å². The van der Waals surface area contributed by atoms with E-state index >= 15 is 0 Å². The second-order valence-electron chi connectivity index (χ2n) is 8.04. The smallest absolute Gasteiger partial charge is 0.240 e. The van der Waals surface area contributed by atoms with Crippen molar-refractivity contribution >= 4 is 52.4 Å². The molecule has 2 aromatic carbocycles. The van der Waals surface area contributed by atoms with Gasteiger partial charge in [0.25, 0.3) is 0 Å². The second kappa shape index (κ2) is 8.16. The number of rotatable bonds is 5. The molecule has 0 amide bonds. The summed E-state index contributed by atoms with van der Waals surface area (Å²) in [7, 11) is -8.56.